The molecule has 14 heteroatoms. The highest BCUT2D eigenvalue weighted by Gasteiger charge is 2.32. The molecule has 0 aliphatic carbocycles. The number of hydrogen-bond acceptors (Lipinski definition) is 9. The molecule has 186 valence electrons. The van der Waals surface area contributed by atoms with E-state index in [2.05, 4.69) is 38.5 Å². The summed E-state index contributed by atoms with van der Waals surface area (Å²) in [6, 6.07) is -4.77. The highest BCUT2D eigenvalue weighted by Crippen LogP contribution is 2.06. The van der Waals surface area contributed by atoms with Crippen molar-refractivity contribution in [2.24, 2.45) is 11.5 Å². The molecule has 13 nitrogen and oxygen atoms in total. The second-order valence-corrected chi connectivity index (χ2v) is 7.91. The molecule has 0 aliphatic heterocycles. The molecule has 10 N–H and O–H groups in total. The highest BCUT2D eigenvalue weighted by atomic mass is 32.1. The van der Waals surface area contributed by atoms with Crippen LogP contribution in [0.15, 0.2) is 12.5 Å². The van der Waals surface area contributed by atoms with Crippen molar-refractivity contribution in [2.45, 2.75) is 62.9 Å². The monoisotopic (exact) mass is 487 g/mol. The van der Waals surface area contributed by atoms with Gasteiger partial charge in [0, 0.05) is 24.1 Å². The quantitative estimate of drug-likeness (QED) is 0.0922. The van der Waals surface area contributed by atoms with Crippen LogP contribution in [0.1, 0.15) is 31.9 Å². The van der Waals surface area contributed by atoms with Gasteiger partial charge in [-0.1, -0.05) is 0 Å². The minimum atomic E-state index is -1.38. The molecule has 1 aromatic heterocycles. The Bertz CT molecular complexity index is 777. The van der Waals surface area contributed by atoms with Crippen LogP contribution >= 0.6 is 12.6 Å². The van der Waals surface area contributed by atoms with Gasteiger partial charge in [-0.05, 0) is 32.7 Å². The number of amides is 3. The lowest BCUT2D eigenvalue weighted by atomic mass is 10.1. The summed E-state index contributed by atoms with van der Waals surface area (Å²) in [6.45, 7) is 1.67. The predicted octanol–water partition coefficient (Wildman–Crippen LogP) is -2.74. The number of thiol groups is 1. The number of hydrogen-bond donors (Lipinski definition) is 9. The Morgan fingerprint density at radius 1 is 1.12 bits per heavy atom. The number of carboxylic acid groups (broad SMARTS) is 1. The van der Waals surface area contributed by atoms with E-state index >= 15 is 0 Å². The molecule has 1 rings (SSSR count). The minimum absolute atomic E-state index is 0.0248. The lowest BCUT2D eigenvalue weighted by Crippen LogP contribution is -2.60. The van der Waals surface area contributed by atoms with Crippen LogP contribution in [0, 0.1) is 0 Å². The summed E-state index contributed by atoms with van der Waals surface area (Å²) in [7, 11) is 0. The zero-order valence-electron chi connectivity index (χ0n) is 18.4. The Kier molecular flexibility index (Phi) is 12.4. The molecule has 0 aliphatic rings. The van der Waals surface area contributed by atoms with E-state index in [1.54, 1.807) is 0 Å². The van der Waals surface area contributed by atoms with Gasteiger partial charge in [0.1, 0.15) is 18.1 Å². The van der Waals surface area contributed by atoms with Gasteiger partial charge in [-0.2, -0.15) is 12.6 Å². The molecule has 0 fully saturated rings. The number of nitrogens with one attached hydrogen (secondary N) is 4. The zero-order chi connectivity index (χ0) is 25.0. The van der Waals surface area contributed by atoms with Gasteiger partial charge in [-0.3, -0.25) is 14.4 Å². The number of unbranched alkanes of at least 4 members (excludes halogenated alkanes) is 1. The van der Waals surface area contributed by atoms with Crippen LogP contribution in [0.4, 0.5) is 0 Å². The van der Waals surface area contributed by atoms with Gasteiger partial charge in [-0.25, -0.2) is 9.78 Å². The largest absolute Gasteiger partial charge is 0.480 e. The van der Waals surface area contributed by atoms with E-state index in [1.807, 2.05) is 0 Å². The second-order valence-electron chi connectivity index (χ2n) is 7.54. The molecular formula is C19H33N7O6S. The van der Waals surface area contributed by atoms with Crippen LogP contribution in [0.25, 0.3) is 0 Å². The summed E-state index contributed by atoms with van der Waals surface area (Å²) >= 11 is 3.92. The molecule has 1 aromatic rings. The predicted molar refractivity (Wildman–Crippen MR) is 122 cm³/mol. The van der Waals surface area contributed by atoms with Gasteiger partial charge in [0.15, 0.2) is 0 Å². The summed E-state index contributed by atoms with van der Waals surface area (Å²) in [5.41, 5.74) is 11.6. The number of imidazole rings is 1. The molecule has 0 bridgehead atoms. The Labute approximate surface area is 196 Å². The number of H-pyrrole nitrogens is 1. The summed E-state index contributed by atoms with van der Waals surface area (Å²) in [5, 5.41) is 26.7. The van der Waals surface area contributed by atoms with Crippen molar-refractivity contribution in [2.75, 3.05) is 12.3 Å². The van der Waals surface area contributed by atoms with E-state index in [0.717, 1.165) is 0 Å². The number of aliphatic hydroxyl groups excluding tert-OH is 1. The van der Waals surface area contributed by atoms with Gasteiger partial charge in [0.2, 0.25) is 17.7 Å². The molecular weight excluding hydrogens is 454 g/mol. The average molecular weight is 488 g/mol. The number of aliphatic carboxylic acids is 1. The number of nitrogens with two attached hydrogens (primary N) is 2. The topological polar surface area (TPSA) is 226 Å². The number of carbonyl (C=O) groups excluding carboxylic acids is 3. The van der Waals surface area contributed by atoms with Crippen LogP contribution in [0.3, 0.4) is 0 Å². The van der Waals surface area contributed by atoms with E-state index in [-0.39, 0.29) is 18.6 Å². The minimum Gasteiger partial charge on any atom is -0.480 e. The fraction of sp³-hybridized carbons (Fsp3) is 0.632. The Hall–Kier alpha value is -2.68. The first-order valence-corrected chi connectivity index (χ1v) is 11.1. The van der Waals surface area contributed by atoms with Crippen molar-refractivity contribution >= 4 is 36.3 Å². The van der Waals surface area contributed by atoms with Crippen LogP contribution in [0.5, 0.6) is 0 Å². The fourth-order valence-corrected chi connectivity index (χ4v) is 3.03. The number of nitrogens with zero attached hydrogens (tertiary/aromatic N) is 1. The molecule has 0 spiro atoms. The van der Waals surface area contributed by atoms with E-state index < -0.39 is 54.0 Å². The van der Waals surface area contributed by atoms with Gasteiger partial charge in [0.25, 0.3) is 0 Å². The van der Waals surface area contributed by atoms with Crippen LogP contribution in [-0.4, -0.2) is 86.4 Å². The van der Waals surface area contributed by atoms with Crippen LogP contribution in [-0.2, 0) is 25.6 Å². The number of carbonyl (C=O) groups is 4. The highest BCUT2D eigenvalue weighted by molar-refractivity contribution is 7.80. The maximum absolute atomic E-state index is 12.9. The lowest BCUT2D eigenvalue weighted by Gasteiger charge is -2.26. The van der Waals surface area contributed by atoms with E-state index in [4.69, 9.17) is 11.5 Å². The molecule has 5 unspecified atom stereocenters. The number of aromatic nitrogens is 2. The molecule has 0 radical (unpaired) electrons. The summed E-state index contributed by atoms with van der Waals surface area (Å²) in [5.74, 6) is -3.48. The fourth-order valence-electron chi connectivity index (χ4n) is 2.86. The maximum atomic E-state index is 12.9. The third kappa shape index (κ3) is 9.77. The molecule has 33 heavy (non-hydrogen) atoms. The Balaban J connectivity index is 2.94. The third-order valence-electron chi connectivity index (χ3n) is 4.77. The number of aliphatic hydroxyl groups is 1. The zero-order valence-corrected chi connectivity index (χ0v) is 19.3. The van der Waals surface area contributed by atoms with Crippen molar-refractivity contribution in [3.05, 3.63) is 18.2 Å². The van der Waals surface area contributed by atoms with Crippen LogP contribution in [0.2, 0.25) is 0 Å². The molecule has 0 aromatic carbocycles. The second kappa shape index (κ2) is 14.5. The maximum Gasteiger partial charge on any atom is 0.326 e. The molecule has 5 atom stereocenters. The summed E-state index contributed by atoms with van der Waals surface area (Å²) in [6.07, 6.45) is 2.71. The van der Waals surface area contributed by atoms with Crippen molar-refractivity contribution in [3.63, 3.8) is 0 Å². The Morgan fingerprint density at radius 2 is 1.79 bits per heavy atom. The summed E-state index contributed by atoms with van der Waals surface area (Å²) in [4.78, 5) is 55.9. The van der Waals surface area contributed by atoms with Gasteiger partial charge < -0.3 is 42.6 Å². The number of aromatic amines is 1. The molecule has 0 saturated heterocycles. The first kappa shape index (κ1) is 28.4. The van der Waals surface area contributed by atoms with E-state index in [1.165, 1.54) is 19.4 Å². The molecule has 1 heterocycles. The van der Waals surface area contributed by atoms with Crippen molar-refractivity contribution in [1.82, 2.24) is 25.9 Å². The van der Waals surface area contributed by atoms with Gasteiger partial charge >= 0.3 is 5.97 Å². The average Bonchev–Trinajstić information content (AvgIpc) is 3.28. The van der Waals surface area contributed by atoms with E-state index in [9.17, 15) is 29.4 Å². The van der Waals surface area contributed by atoms with E-state index in [0.29, 0.717) is 25.1 Å². The first-order chi connectivity index (χ1) is 15.6. The molecule has 3 amide bonds. The smallest absolute Gasteiger partial charge is 0.326 e. The SMILES string of the molecule is CC(O)C(NC(=O)C(N)CS)C(=O)NC(CCCCN)C(=O)NC(Cc1cnc[nH]1)C(=O)O. The third-order valence-corrected chi connectivity index (χ3v) is 5.16. The van der Waals surface area contributed by atoms with Crippen molar-refractivity contribution in [1.29, 1.82) is 0 Å². The lowest BCUT2D eigenvalue weighted by molar-refractivity contribution is -0.142. The van der Waals surface area contributed by atoms with Crippen molar-refractivity contribution in [3.8, 4) is 0 Å². The normalized spacial score (nSPS) is 15.5. The van der Waals surface area contributed by atoms with Gasteiger partial charge in [-0.15, -0.1) is 0 Å². The Morgan fingerprint density at radius 3 is 2.30 bits per heavy atom. The first-order valence-electron chi connectivity index (χ1n) is 10.5. The molecule has 0 saturated carbocycles. The number of rotatable bonds is 15. The van der Waals surface area contributed by atoms with Crippen LogP contribution < -0.4 is 27.4 Å². The number of carboxylic acids is 1. The standard InChI is InChI=1S/C19H33N7O6S/c1-10(27)15(26-16(28)12(21)8-33)18(30)24-13(4-2-3-5-20)17(29)25-14(19(31)32)6-11-7-22-9-23-11/h7,9-10,12-15,27,33H,2-6,8,20-21H2,1H3,(H,22,23)(H,24,30)(H,25,29)(H,26,28)(H,31,32). The van der Waals surface area contributed by atoms with Crippen molar-refractivity contribution < 1.29 is 29.4 Å². The van der Waals surface area contributed by atoms with Gasteiger partial charge in [0.05, 0.1) is 18.5 Å². The summed E-state index contributed by atoms with van der Waals surface area (Å²) < 4.78 is 0.